The van der Waals surface area contributed by atoms with Gasteiger partial charge in [-0.05, 0) is 22.0 Å². The molecule has 0 aromatic carbocycles. The lowest BCUT2D eigenvalue weighted by Gasteiger charge is -1.94. The molecule has 70 valence electrons. The van der Waals surface area contributed by atoms with Crippen molar-refractivity contribution < 1.29 is 4.79 Å². The maximum atomic E-state index is 11.8. The number of aromatic nitrogens is 2. The number of carbonyl (C=O) groups excluding carboxylic acids is 1. The summed E-state index contributed by atoms with van der Waals surface area (Å²) in [4.78, 5) is 20.1. The van der Waals surface area contributed by atoms with Gasteiger partial charge in [0.1, 0.15) is 6.33 Å². The molecule has 0 saturated heterocycles. The second-order valence-corrected chi connectivity index (χ2v) is 4.41. The summed E-state index contributed by atoms with van der Waals surface area (Å²) in [7, 11) is 0. The molecule has 14 heavy (non-hydrogen) atoms. The van der Waals surface area contributed by atoms with Crippen molar-refractivity contribution in [3.8, 4) is 0 Å². The van der Waals surface area contributed by atoms with Crippen molar-refractivity contribution in [2.75, 3.05) is 0 Å². The molecule has 0 atom stereocenters. The van der Waals surface area contributed by atoms with E-state index < -0.39 is 0 Å². The normalized spacial score (nSPS) is 10.1. The van der Waals surface area contributed by atoms with Crippen LogP contribution in [0.5, 0.6) is 0 Å². The maximum absolute atomic E-state index is 11.8. The molecule has 0 amide bonds. The third-order valence-corrected chi connectivity index (χ3v) is 3.30. The van der Waals surface area contributed by atoms with E-state index >= 15 is 0 Å². The van der Waals surface area contributed by atoms with Crippen LogP contribution in [-0.4, -0.2) is 15.8 Å². The van der Waals surface area contributed by atoms with E-state index in [4.69, 9.17) is 0 Å². The number of hydrogen-bond donors (Lipinski definition) is 0. The minimum absolute atomic E-state index is 0.0405. The van der Waals surface area contributed by atoms with Crippen molar-refractivity contribution in [2.24, 2.45) is 0 Å². The van der Waals surface area contributed by atoms with Gasteiger partial charge >= 0.3 is 0 Å². The Kier molecular flexibility index (Phi) is 2.69. The van der Waals surface area contributed by atoms with Gasteiger partial charge < -0.3 is 0 Å². The Bertz CT molecular complexity index is 455. The number of hydrogen-bond acceptors (Lipinski definition) is 4. The van der Waals surface area contributed by atoms with Gasteiger partial charge in [-0.2, -0.15) is 0 Å². The van der Waals surface area contributed by atoms with Gasteiger partial charge in [0.2, 0.25) is 5.78 Å². The average molecular weight is 269 g/mol. The molecule has 2 rings (SSSR count). The zero-order chi connectivity index (χ0) is 9.97. The Morgan fingerprint density at radius 2 is 2.07 bits per heavy atom. The summed E-state index contributed by atoms with van der Waals surface area (Å²) in [6, 6.07) is 1.79. The predicted octanol–water partition coefficient (Wildman–Crippen LogP) is 2.53. The van der Waals surface area contributed by atoms with Crippen LogP contribution < -0.4 is 0 Å². The van der Waals surface area contributed by atoms with Gasteiger partial charge in [-0.1, -0.05) is 0 Å². The van der Waals surface area contributed by atoms with Gasteiger partial charge in [0.15, 0.2) is 0 Å². The molecule has 0 aliphatic heterocycles. The van der Waals surface area contributed by atoms with Crippen LogP contribution in [0.2, 0.25) is 0 Å². The summed E-state index contributed by atoms with van der Waals surface area (Å²) in [5.74, 6) is -0.0405. The lowest BCUT2D eigenvalue weighted by atomic mass is 10.2. The lowest BCUT2D eigenvalue weighted by molar-refractivity contribution is 0.104. The third kappa shape index (κ3) is 1.88. The zero-order valence-electron chi connectivity index (χ0n) is 6.98. The molecule has 0 aliphatic rings. The summed E-state index contributed by atoms with van der Waals surface area (Å²) in [5.41, 5.74) is 0.516. The number of thiophene rings is 1. The van der Waals surface area contributed by atoms with E-state index in [9.17, 15) is 4.79 Å². The number of halogens is 1. The number of nitrogens with zero attached hydrogens (tertiary/aromatic N) is 2. The van der Waals surface area contributed by atoms with E-state index in [1.165, 1.54) is 30.1 Å². The Labute approximate surface area is 93.0 Å². The van der Waals surface area contributed by atoms with Crippen LogP contribution >= 0.6 is 27.3 Å². The topological polar surface area (TPSA) is 42.9 Å². The summed E-state index contributed by atoms with van der Waals surface area (Å²) in [6.07, 6.45) is 4.44. The minimum atomic E-state index is -0.0405. The first-order valence-corrected chi connectivity index (χ1v) is 5.48. The molecule has 2 aromatic heterocycles. The van der Waals surface area contributed by atoms with Crippen LogP contribution in [0.4, 0.5) is 0 Å². The number of ketones is 1. The largest absolute Gasteiger partial charge is 0.288 e. The molecule has 0 bridgehead atoms. The van der Waals surface area contributed by atoms with Crippen molar-refractivity contribution in [2.45, 2.75) is 0 Å². The molecule has 3 nitrogen and oxygen atoms in total. The second-order valence-electron chi connectivity index (χ2n) is 2.59. The maximum Gasteiger partial charge on any atom is 0.206 e. The Morgan fingerprint density at radius 1 is 1.36 bits per heavy atom. The van der Waals surface area contributed by atoms with E-state index in [-0.39, 0.29) is 5.78 Å². The van der Waals surface area contributed by atoms with Crippen LogP contribution in [0.15, 0.2) is 34.6 Å². The fourth-order valence-electron chi connectivity index (χ4n) is 0.991. The van der Waals surface area contributed by atoms with Crippen molar-refractivity contribution in [1.82, 2.24) is 9.97 Å². The lowest BCUT2D eigenvalue weighted by Crippen LogP contribution is -1.99. The minimum Gasteiger partial charge on any atom is -0.288 e. The Balaban J connectivity index is 2.34. The highest BCUT2D eigenvalue weighted by Gasteiger charge is 2.11. The first-order chi connectivity index (χ1) is 6.77. The second kappa shape index (κ2) is 3.98. The van der Waals surface area contributed by atoms with E-state index in [2.05, 4.69) is 25.9 Å². The molecule has 0 N–H and O–H groups in total. The van der Waals surface area contributed by atoms with E-state index in [1.807, 2.05) is 5.38 Å². The summed E-state index contributed by atoms with van der Waals surface area (Å²) in [6.45, 7) is 0. The number of rotatable bonds is 2. The van der Waals surface area contributed by atoms with Crippen molar-refractivity contribution in [3.63, 3.8) is 0 Å². The van der Waals surface area contributed by atoms with Crippen molar-refractivity contribution in [1.29, 1.82) is 0 Å². The van der Waals surface area contributed by atoms with Gasteiger partial charge in [0, 0.05) is 22.2 Å². The first kappa shape index (κ1) is 9.48. The molecule has 0 saturated carbocycles. The Hall–Kier alpha value is -1.07. The van der Waals surface area contributed by atoms with Crippen LogP contribution in [0, 0.1) is 0 Å². The van der Waals surface area contributed by atoms with E-state index in [1.54, 1.807) is 6.07 Å². The SMILES string of the molecule is O=C(c1cncnc1)c1cc(Br)cs1. The average Bonchev–Trinajstić information content (AvgIpc) is 2.65. The summed E-state index contributed by atoms with van der Waals surface area (Å²) >= 11 is 4.70. The quantitative estimate of drug-likeness (QED) is 0.787. The molecule has 0 radical (unpaired) electrons. The highest BCUT2D eigenvalue weighted by atomic mass is 79.9. The monoisotopic (exact) mass is 268 g/mol. The predicted molar refractivity (Wildman–Crippen MR) is 57.5 cm³/mol. The first-order valence-electron chi connectivity index (χ1n) is 3.81. The molecule has 5 heteroatoms. The molecule has 0 spiro atoms. The van der Waals surface area contributed by atoms with Crippen molar-refractivity contribution >= 4 is 33.0 Å². The summed E-state index contributed by atoms with van der Waals surface area (Å²) in [5, 5.41) is 1.87. The van der Waals surface area contributed by atoms with Crippen LogP contribution in [-0.2, 0) is 0 Å². The highest BCUT2D eigenvalue weighted by molar-refractivity contribution is 9.10. The van der Waals surface area contributed by atoms with Crippen molar-refractivity contribution in [3.05, 3.63) is 45.1 Å². The molecule has 2 aromatic rings. The molecule has 0 aliphatic carbocycles. The van der Waals surface area contributed by atoms with Gasteiger partial charge in [0.25, 0.3) is 0 Å². The van der Waals surface area contributed by atoms with E-state index in [0.717, 1.165) is 4.47 Å². The summed E-state index contributed by atoms with van der Waals surface area (Å²) < 4.78 is 0.919. The Morgan fingerprint density at radius 3 is 2.64 bits per heavy atom. The van der Waals surface area contributed by atoms with Gasteiger partial charge in [-0.3, -0.25) is 4.79 Å². The van der Waals surface area contributed by atoms with Crippen LogP contribution in [0.3, 0.4) is 0 Å². The van der Waals surface area contributed by atoms with Gasteiger partial charge in [0.05, 0.1) is 10.4 Å². The molecule has 0 fully saturated rings. The smallest absolute Gasteiger partial charge is 0.206 e. The standard InChI is InChI=1S/C9H5BrN2OS/c10-7-1-8(14-4-7)9(13)6-2-11-5-12-3-6/h1-5H. The fraction of sp³-hybridized carbons (Fsp3) is 0. The zero-order valence-corrected chi connectivity index (χ0v) is 9.38. The molecule has 0 unspecified atom stereocenters. The molecule has 2 heterocycles. The van der Waals surface area contributed by atoms with Gasteiger partial charge in [-0.25, -0.2) is 9.97 Å². The van der Waals surface area contributed by atoms with Gasteiger partial charge in [-0.15, -0.1) is 11.3 Å². The molecular weight excluding hydrogens is 264 g/mol. The molecular formula is C9H5BrN2OS. The fourth-order valence-corrected chi connectivity index (χ4v) is 2.38. The number of carbonyl (C=O) groups is 1. The van der Waals surface area contributed by atoms with Crippen LogP contribution in [0.1, 0.15) is 15.2 Å². The van der Waals surface area contributed by atoms with Crippen LogP contribution in [0.25, 0.3) is 0 Å². The third-order valence-electron chi connectivity index (χ3n) is 1.61. The highest BCUT2D eigenvalue weighted by Crippen LogP contribution is 2.21. The van der Waals surface area contributed by atoms with E-state index in [0.29, 0.717) is 10.4 Å².